The molecule has 86 valence electrons. The molecule has 0 radical (unpaired) electrons. The van der Waals surface area contributed by atoms with Crippen LogP contribution in [0.1, 0.15) is 12.1 Å². The van der Waals surface area contributed by atoms with Crippen LogP contribution in [-0.2, 0) is 4.79 Å². The minimum Gasteiger partial charge on any atom is -0.391 e. The van der Waals surface area contributed by atoms with Crippen LogP contribution in [0.25, 0.3) is 0 Å². The van der Waals surface area contributed by atoms with Crippen molar-refractivity contribution in [2.75, 3.05) is 11.4 Å². The van der Waals surface area contributed by atoms with Crippen molar-refractivity contribution >= 4 is 34.9 Å². The van der Waals surface area contributed by atoms with E-state index in [9.17, 15) is 9.90 Å². The summed E-state index contributed by atoms with van der Waals surface area (Å²) in [7, 11) is 0. The first-order valence-electron chi connectivity index (χ1n) is 4.80. The number of hydrogen-bond donors (Lipinski definition) is 1. The maximum Gasteiger partial charge on any atom is 0.230 e. The van der Waals surface area contributed by atoms with Gasteiger partial charge in [0, 0.05) is 0 Å². The van der Waals surface area contributed by atoms with Gasteiger partial charge in [0.1, 0.15) is 0 Å². The number of halogens is 2. The summed E-state index contributed by atoms with van der Waals surface area (Å²) >= 11 is 11.8. The number of amides is 1. The molecule has 1 aromatic heterocycles. The van der Waals surface area contributed by atoms with Crippen LogP contribution in [0, 0.1) is 6.92 Å². The molecule has 1 amide bonds. The van der Waals surface area contributed by atoms with Gasteiger partial charge in [-0.1, -0.05) is 23.2 Å². The van der Waals surface area contributed by atoms with E-state index in [0.29, 0.717) is 21.6 Å². The maximum absolute atomic E-state index is 11.6. The number of rotatable bonds is 1. The summed E-state index contributed by atoms with van der Waals surface area (Å²) in [6, 6.07) is 1.55. The third-order valence-corrected chi connectivity index (χ3v) is 3.11. The van der Waals surface area contributed by atoms with Crippen LogP contribution in [-0.4, -0.2) is 28.6 Å². The van der Waals surface area contributed by atoms with Gasteiger partial charge >= 0.3 is 0 Å². The minimum atomic E-state index is -0.652. The van der Waals surface area contributed by atoms with Crippen molar-refractivity contribution in [2.45, 2.75) is 19.4 Å². The Kier molecular flexibility index (Phi) is 3.06. The molecule has 1 fully saturated rings. The lowest BCUT2D eigenvalue weighted by molar-refractivity contribution is -0.117. The number of aryl methyl sites for hydroxylation is 1. The van der Waals surface area contributed by atoms with Gasteiger partial charge in [0.05, 0.1) is 34.8 Å². The fourth-order valence-corrected chi connectivity index (χ4v) is 2.09. The van der Waals surface area contributed by atoms with Crippen LogP contribution < -0.4 is 4.90 Å². The average Bonchev–Trinajstić information content (AvgIpc) is 2.51. The number of carbonyl (C=O) groups is 1. The Morgan fingerprint density at radius 1 is 1.50 bits per heavy atom. The Hall–Kier alpha value is -0.840. The number of anilines is 1. The van der Waals surface area contributed by atoms with E-state index in [1.165, 1.54) is 4.90 Å². The molecule has 6 heteroatoms. The number of β-amino-alcohol motifs (C(OH)–C–C–N with tert-alkyl or cyclic N) is 1. The molecule has 1 aliphatic rings. The van der Waals surface area contributed by atoms with E-state index >= 15 is 0 Å². The molecule has 16 heavy (non-hydrogen) atoms. The van der Waals surface area contributed by atoms with Crippen molar-refractivity contribution in [3.8, 4) is 0 Å². The Balaban J connectivity index is 2.41. The molecular weight excluding hydrogens is 251 g/mol. The van der Waals surface area contributed by atoms with Crippen LogP contribution in [0.2, 0.25) is 10.0 Å². The van der Waals surface area contributed by atoms with Gasteiger partial charge in [0.25, 0.3) is 0 Å². The first kappa shape index (κ1) is 11.6. The van der Waals surface area contributed by atoms with Gasteiger partial charge < -0.3 is 5.11 Å². The van der Waals surface area contributed by atoms with Crippen LogP contribution in [0.15, 0.2) is 6.07 Å². The number of aliphatic hydroxyl groups is 1. The van der Waals surface area contributed by atoms with Gasteiger partial charge in [0.15, 0.2) is 5.82 Å². The van der Waals surface area contributed by atoms with E-state index < -0.39 is 6.10 Å². The monoisotopic (exact) mass is 260 g/mol. The van der Waals surface area contributed by atoms with Crippen molar-refractivity contribution in [3.63, 3.8) is 0 Å². The topological polar surface area (TPSA) is 53.4 Å². The van der Waals surface area contributed by atoms with Crippen LogP contribution in [0.5, 0.6) is 0 Å². The number of hydrogen-bond acceptors (Lipinski definition) is 3. The fraction of sp³-hybridized carbons (Fsp3) is 0.400. The van der Waals surface area contributed by atoms with E-state index in [1.54, 1.807) is 13.0 Å². The summed E-state index contributed by atoms with van der Waals surface area (Å²) in [6.45, 7) is 1.96. The maximum atomic E-state index is 11.6. The standard InChI is InChI=1S/C10H10Cl2N2O2/c1-5-7(11)3-8(12)10(13-5)14-4-6(15)2-9(14)16/h3,6,15H,2,4H2,1H3. The minimum absolute atomic E-state index is 0.111. The second-order valence-corrected chi connectivity index (χ2v) is 4.54. The van der Waals surface area contributed by atoms with Crippen LogP contribution >= 0.6 is 23.2 Å². The normalized spacial score (nSPS) is 20.6. The van der Waals surface area contributed by atoms with E-state index in [4.69, 9.17) is 23.2 Å². The predicted octanol–water partition coefficient (Wildman–Crippen LogP) is 1.79. The molecule has 1 N–H and O–H groups in total. The lowest BCUT2D eigenvalue weighted by atomic mass is 10.3. The molecule has 2 rings (SSSR count). The molecule has 0 aliphatic carbocycles. The summed E-state index contributed by atoms with van der Waals surface area (Å²) in [5, 5.41) is 10.2. The Bertz CT molecular complexity index is 451. The molecule has 1 atom stereocenters. The summed E-state index contributed by atoms with van der Waals surface area (Å²) in [4.78, 5) is 17.1. The highest BCUT2D eigenvalue weighted by Gasteiger charge is 2.31. The molecule has 2 heterocycles. The molecule has 0 bridgehead atoms. The third kappa shape index (κ3) is 2.00. The number of nitrogens with zero attached hydrogens (tertiary/aromatic N) is 2. The molecule has 1 saturated heterocycles. The van der Waals surface area contributed by atoms with Gasteiger partial charge in [-0.15, -0.1) is 0 Å². The van der Waals surface area contributed by atoms with Crippen molar-refractivity contribution in [1.29, 1.82) is 0 Å². The highest BCUT2D eigenvalue weighted by atomic mass is 35.5. The van der Waals surface area contributed by atoms with Crippen molar-refractivity contribution in [1.82, 2.24) is 4.98 Å². The van der Waals surface area contributed by atoms with Gasteiger partial charge in [-0.25, -0.2) is 4.98 Å². The van der Waals surface area contributed by atoms with E-state index in [-0.39, 0.29) is 18.9 Å². The van der Waals surface area contributed by atoms with Crippen molar-refractivity contribution in [2.24, 2.45) is 0 Å². The van der Waals surface area contributed by atoms with Gasteiger partial charge in [-0.3, -0.25) is 9.69 Å². The molecule has 1 aliphatic heterocycles. The number of pyridine rings is 1. The first-order chi connectivity index (χ1) is 7.49. The lowest BCUT2D eigenvalue weighted by Crippen LogP contribution is -2.26. The first-order valence-corrected chi connectivity index (χ1v) is 5.55. The van der Waals surface area contributed by atoms with Crippen LogP contribution in [0.4, 0.5) is 5.82 Å². The smallest absolute Gasteiger partial charge is 0.230 e. The fourth-order valence-electron chi connectivity index (χ4n) is 1.63. The summed E-state index contributed by atoms with van der Waals surface area (Å²) in [5.74, 6) is 0.189. The van der Waals surface area contributed by atoms with E-state index in [0.717, 1.165) is 0 Å². The van der Waals surface area contributed by atoms with E-state index in [1.807, 2.05) is 0 Å². The highest BCUT2D eigenvalue weighted by molar-refractivity contribution is 6.36. The quantitative estimate of drug-likeness (QED) is 0.838. The number of aromatic nitrogens is 1. The largest absolute Gasteiger partial charge is 0.391 e. The third-order valence-electron chi connectivity index (χ3n) is 2.45. The average molecular weight is 261 g/mol. The van der Waals surface area contributed by atoms with Crippen LogP contribution in [0.3, 0.4) is 0 Å². The summed E-state index contributed by atoms with van der Waals surface area (Å²) < 4.78 is 0. The molecule has 4 nitrogen and oxygen atoms in total. The van der Waals surface area contributed by atoms with Gasteiger partial charge in [-0.2, -0.15) is 0 Å². The molecule has 1 aromatic rings. The molecule has 1 unspecified atom stereocenters. The second-order valence-electron chi connectivity index (χ2n) is 3.72. The zero-order valence-corrected chi connectivity index (χ0v) is 10.1. The van der Waals surface area contributed by atoms with Crippen molar-refractivity contribution < 1.29 is 9.90 Å². The number of aliphatic hydroxyl groups excluding tert-OH is 1. The molecule has 0 aromatic carbocycles. The summed E-state index contributed by atoms with van der Waals surface area (Å²) in [6.07, 6.45) is -0.541. The predicted molar refractivity (Wildman–Crippen MR) is 62.0 cm³/mol. The SMILES string of the molecule is Cc1nc(N2CC(O)CC2=O)c(Cl)cc1Cl. The lowest BCUT2D eigenvalue weighted by Gasteiger charge is -2.17. The summed E-state index contributed by atoms with van der Waals surface area (Å²) in [5.41, 5.74) is 0.607. The Morgan fingerprint density at radius 2 is 2.19 bits per heavy atom. The molecular formula is C10H10Cl2N2O2. The van der Waals surface area contributed by atoms with E-state index in [2.05, 4.69) is 4.98 Å². The van der Waals surface area contributed by atoms with Gasteiger partial charge in [0.2, 0.25) is 5.91 Å². The van der Waals surface area contributed by atoms with Crippen molar-refractivity contribution in [3.05, 3.63) is 21.8 Å². The molecule has 0 saturated carbocycles. The second kappa shape index (κ2) is 4.20. The highest BCUT2D eigenvalue weighted by Crippen LogP contribution is 2.30. The number of carbonyl (C=O) groups excluding carboxylic acids is 1. The zero-order chi connectivity index (χ0) is 11.9. The van der Waals surface area contributed by atoms with Gasteiger partial charge in [-0.05, 0) is 13.0 Å². The molecule has 0 spiro atoms. The Morgan fingerprint density at radius 3 is 2.75 bits per heavy atom. The zero-order valence-electron chi connectivity index (χ0n) is 8.57. The Labute approximate surface area is 103 Å².